The van der Waals surface area contributed by atoms with Crippen molar-refractivity contribution in [2.24, 2.45) is 5.73 Å². The number of ether oxygens (including phenoxy) is 1. The summed E-state index contributed by atoms with van der Waals surface area (Å²) in [5, 5.41) is 4.14. The van der Waals surface area contributed by atoms with Gasteiger partial charge in [-0.25, -0.2) is 4.68 Å². The molecule has 2 aromatic rings. The van der Waals surface area contributed by atoms with Crippen LogP contribution in [0.25, 0.3) is 0 Å². The highest BCUT2D eigenvalue weighted by Gasteiger charge is 2.14. The third-order valence-corrected chi connectivity index (χ3v) is 3.53. The molecule has 0 amide bonds. The van der Waals surface area contributed by atoms with E-state index in [1.807, 2.05) is 13.8 Å². The van der Waals surface area contributed by atoms with Crippen LogP contribution >= 0.6 is 0 Å². The number of nitrogens with zero attached hydrogens (tertiary/aromatic N) is 2. The Hall–Kier alpha value is -2.14. The number of hydrogen-bond donors (Lipinski definition) is 1. The maximum atomic E-state index is 11.9. The summed E-state index contributed by atoms with van der Waals surface area (Å²) in [4.78, 5) is 11.9. The molecule has 0 spiro atoms. The smallest absolute Gasteiger partial charge is 0.267 e. The average Bonchev–Trinajstić information content (AvgIpc) is 2.40. The first kappa shape index (κ1) is 15.3. The van der Waals surface area contributed by atoms with E-state index < -0.39 is 0 Å². The van der Waals surface area contributed by atoms with E-state index in [0.29, 0.717) is 12.4 Å². The molecule has 0 fully saturated rings. The van der Waals surface area contributed by atoms with Crippen molar-refractivity contribution in [1.82, 2.24) is 9.78 Å². The lowest BCUT2D eigenvalue weighted by Crippen LogP contribution is -2.29. The van der Waals surface area contributed by atoms with E-state index in [1.54, 1.807) is 6.07 Å². The molecule has 0 radical (unpaired) electrons. The highest BCUT2D eigenvalue weighted by atomic mass is 16.5. The lowest BCUT2D eigenvalue weighted by Gasteiger charge is -2.19. The van der Waals surface area contributed by atoms with Crippen LogP contribution in [0.4, 0.5) is 0 Å². The largest absolute Gasteiger partial charge is 0.480 e. The van der Waals surface area contributed by atoms with Crippen molar-refractivity contribution in [3.63, 3.8) is 0 Å². The summed E-state index contributed by atoms with van der Waals surface area (Å²) in [5.74, 6) is 0.402. The molecule has 0 aliphatic carbocycles. The van der Waals surface area contributed by atoms with Crippen molar-refractivity contribution in [3.05, 3.63) is 56.9 Å². The lowest BCUT2D eigenvalue weighted by molar-refractivity contribution is 0.370. The van der Waals surface area contributed by atoms with Gasteiger partial charge in [-0.3, -0.25) is 4.79 Å². The number of benzene rings is 1. The minimum absolute atomic E-state index is 0.186. The molecule has 112 valence electrons. The summed E-state index contributed by atoms with van der Waals surface area (Å²) in [6, 6.07) is 6.90. The fourth-order valence-corrected chi connectivity index (χ4v) is 2.72. The van der Waals surface area contributed by atoms with Crippen LogP contribution in [0.15, 0.2) is 29.1 Å². The van der Waals surface area contributed by atoms with Gasteiger partial charge >= 0.3 is 0 Å². The summed E-state index contributed by atoms with van der Waals surface area (Å²) >= 11 is 0. The Kier molecular flexibility index (Phi) is 4.43. The second-order valence-corrected chi connectivity index (χ2v) is 5.31. The standard InChI is InChI=1S/C16H21N3O2/c1-10-7-11(2)16(12(3)8-10)13(17)9-19-15(20)6-5-14(18-19)21-4/h5-8,13H,9,17H2,1-4H3. The Bertz CT molecular complexity index is 684. The number of aryl methyl sites for hydroxylation is 3. The van der Waals surface area contributed by atoms with Gasteiger partial charge in [0.2, 0.25) is 5.88 Å². The van der Waals surface area contributed by atoms with Crippen molar-refractivity contribution in [2.45, 2.75) is 33.4 Å². The first-order chi connectivity index (χ1) is 9.92. The highest BCUT2D eigenvalue weighted by Crippen LogP contribution is 2.22. The highest BCUT2D eigenvalue weighted by molar-refractivity contribution is 5.39. The van der Waals surface area contributed by atoms with Crippen LogP contribution in [0.5, 0.6) is 5.88 Å². The zero-order chi connectivity index (χ0) is 15.6. The molecule has 2 N–H and O–H groups in total. The van der Waals surface area contributed by atoms with E-state index >= 15 is 0 Å². The minimum atomic E-state index is -0.289. The molecule has 1 aromatic heterocycles. The van der Waals surface area contributed by atoms with E-state index in [-0.39, 0.29) is 11.6 Å². The number of rotatable bonds is 4. The van der Waals surface area contributed by atoms with Crippen molar-refractivity contribution in [3.8, 4) is 5.88 Å². The van der Waals surface area contributed by atoms with Gasteiger partial charge in [0.15, 0.2) is 0 Å². The molecule has 1 unspecified atom stereocenters. The van der Waals surface area contributed by atoms with E-state index in [1.165, 1.54) is 23.4 Å². The third-order valence-electron chi connectivity index (χ3n) is 3.53. The first-order valence-electron chi connectivity index (χ1n) is 6.88. The maximum absolute atomic E-state index is 11.9. The second kappa shape index (κ2) is 6.10. The third kappa shape index (κ3) is 3.31. The van der Waals surface area contributed by atoms with Crippen LogP contribution < -0.4 is 16.0 Å². The van der Waals surface area contributed by atoms with Gasteiger partial charge < -0.3 is 10.5 Å². The maximum Gasteiger partial charge on any atom is 0.267 e. The quantitative estimate of drug-likeness (QED) is 0.932. The summed E-state index contributed by atoms with van der Waals surface area (Å²) < 4.78 is 6.40. The van der Waals surface area contributed by atoms with E-state index in [9.17, 15) is 4.79 Å². The summed E-state index contributed by atoms with van der Waals surface area (Å²) in [6.07, 6.45) is 0. The molecule has 0 saturated carbocycles. The monoisotopic (exact) mass is 287 g/mol. The van der Waals surface area contributed by atoms with E-state index in [4.69, 9.17) is 10.5 Å². The Balaban J connectivity index is 2.34. The summed E-state index contributed by atoms with van der Waals surface area (Å²) in [7, 11) is 1.52. The summed E-state index contributed by atoms with van der Waals surface area (Å²) in [6.45, 7) is 6.46. The van der Waals surface area contributed by atoms with Crippen molar-refractivity contribution < 1.29 is 4.74 Å². The van der Waals surface area contributed by atoms with Gasteiger partial charge in [-0.2, -0.15) is 0 Å². The average molecular weight is 287 g/mol. The van der Waals surface area contributed by atoms with Gasteiger partial charge in [0, 0.05) is 12.1 Å². The zero-order valence-electron chi connectivity index (χ0n) is 12.9. The molecule has 5 heteroatoms. The number of methoxy groups -OCH3 is 1. The topological polar surface area (TPSA) is 70.1 Å². The SMILES string of the molecule is COc1ccc(=O)n(CC(N)c2c(C)cc(C)cc2C)n1. The molecule has 2 rings (SSSR count). The Morgan fingerprint density at radius 2 is 1.86 bits per heavy atom. The Morgan fingerprint density at radius 1 is 1.24 bits per heavy atom. The predicted molar refractivity (Wildman–Crippen MR) is 82.6 cm³/mol. The molecular weight excluding hydrogens is 266 g/mol. The predicted octanol–water partition coefficient (Wildman–Crippen LogP) is 1.88. The molecule has 5 nitrogen and oxygen atoms in total. The second-order valence-electron chi connectivity index (χ2n) is 5.31. The molecule has 0 saturated heterocycles. The molecule has 0 bridgehead atoms. The molecule has 0 aliphatic heterocycles. The summed E-state index contributed by atoms with van der Waals surface area (Å²) in [5.41, 5.74) is 10.7. The van der Waals surface area contributed by atoms with Gasteiger partial charge in [-0.1, -0.05) is 17.7 Å². The van der Waals surface area contributed by atoms with Crippen molar-refractivity contribution in [1.29, 1.82) is 0 Å². The van der Waals surface area contributed by atoms with Gasteiger partial charge in [-0.15, -0.1) is 5.10 Å². The van der Waals surface area contributed by atoms with Crippen LogP contribution in [0.3, 0.4) is 0 Å². The van der Waals surface area contributed by atoms with Crippen LogP contribution in [0, 0.1) is 20.8 Å². The van der Waals surface area contributed by atoms with Crippen molar-refractivity contribution >= 4 is 0 Å². The fraction of sp³-hybridized carbons (Fsp3) is 0.375. The molecule has 0 aliphatic rings. The van der Waals surface area contributed by atoms with Gasteiger partial charge in [0.25, 0.3) is 5.56 Å². The first-order valence-corrected chi connectivity index (χ1v) is 6.88. The van der Waals surface area contributed by atoms with Crippen LogP contribution in [-0.4, -0.2) is 16.9 Å². The van der Waals surface area contributed by atoms with Gasteiger partial charge in [-0.05, 0) is 37.5 Å². The Morgan fingerprint density at radius 3 is 2.43 bits per heavy atom. The van der Waals surface area contributed by atoms with Crippen molar-refractivity contribution in [2.75, 3.05) is 7.11 Å². The fourth-order valence-electron chi connectivity index (χ4n) is 2.72. The molecular formula is C16H21N3O2. The number of nitrogens with two attached hydrogens (primary N) is 1. The lowest BCUT2D eigenvalue weighted by atomic mass is 9.94. The van der Waals surface area contributed by atoms with Gasteiger partial charge in [0.05, 0.1) is 19.7 Å². The molecule has 1 atom stereocenters. The van der Waals surface area contributed by atoms with Gasteiger partial charge in [0.1, 0.15) is 0 Å². The zero-order valence-corrected chi connectivity index (χ0v) is 12.9. The van der Waals surface area contributed by atoms with E-state index in [2.05, 4.69) is 24.2 Å². The molecule has 21 heavy (non-hydrogen) atoms. The molecule has 1 aromatic carbocycles. The molecule has 1 heterocycles. The minimum Gasteiger partial charge on any atom is -0.480 e. The number of hydrogen-bond acceptors (Lipinski definition) is 4. The van der Waals surface area contributed by atoms with E-state index in [0.717, 1.165) is 16.7 Å². The van der Waals surface area contributed by atoms with Crippen LogP contribution in [0.1, 0.15) is 28.3 Å². The number of aromatic nitrogens is 2. The Labute approximate surface area is 124 Å². The van der Waals surface area contributed by atoms with Crippen LogP contribution in [-0.2, 0) is 6.54 Å². The normalized spacial score (nSPS) is 12.2. The van der Waals surface area contributed by atoms with Crippen LogP contribution in [0.2, 0.25) is 0 Å².